The van der Waals surface area contributed by atoms with Gasteiger partial charge in [-0.15, -0.1) is 11.3 Å². The molecule has 4 heterocycles. The van der Waals surface area contributed by atoms with Crippen LogP contribution in [0.25, 0.3) is 0 Å². The summed E-state index contributed by atoms with van der Waals surface area (Å²) in [6.45, 7) is 6.13. The van der Waals surface area contributed by atoms with Crippen molar-refractivity contribution in [1.82, 2.24) is 14.9 Å². The van der Waals surface area contributed by atoms with Gasteiger partial charge in [0.05, 0.1) is 6.61 Å². The van der Waals surface area contributed by atoms with Gasteiger partial charge in [0.2, 0.25) is 0 Å². The smallest absolute Gasteiger partial charge is 0.345 e. The number of nitrogens with zero attached hydrogens (tertiary/aromatic N) is 2. The van der Waals surface area contributed by atoms with Crippen LogP contribution in [0.4, 0.5) is 0 Å². The third-order valence-electron chi connectivity index (χ3n) is 5.42. The Morgan fingerprint density at radius 3 is 2.93 bits per heavy atom. The van der Waals surface area contributed by atoms with Crippen molar-refractivity contribution >= 4 is 17.2 Å². The molecule has 2 aliphatic rings. The van der Waals surface area contributed by atoms with Crippen molar-refractivity contribution in [3.63, 3.8) is 0 Å². The van der Waals surface area contributed by atoms with Gasteiger partial charge in [0.1, 0.15) is 11.3 Å². The van der Waals surface area contributed by atoms with Crippen molar-refractivity contribution in [2.24, 2.45) is 5.92 Å². The Labute approximate surface area is 162 Å². The Bertz CT molecular complexity index is 894. The van der Waals surface area contributed by atoms with Crippen LogP contribution >= 0.6 is 11.3 Å². The van der Waals surface area contributed by atoms with Crippen molar-refractivity contribution < 1.29 is 9.53 Å². The van der Waals surface area contributed by atoms with Gasteiger partial charge in [0.25, 0.3) is 5.91 Å². The minimum Gasteiger partial charge on any atom is -0.369 e. The lowest BCUT2D eigenvalue weighted by Gasteiger charge is -2.43. The minimum atomic E-state index is -0.455. The molecule has 0 bridgehead atoms. The Kier molecular flexibility index (Phi) is 4.90. The van der Waals surface area contributed by atoms with Crippen LogP contribution in [0.3, 0.4) is 0 Å². The Balaban J connectivity index is 1.50. The van der Waals surface area contributed by atoms with E-state index in [9.17, 15) is 9.59 Å². The summed E-state index contributed by atoms with van der Waals surface area (Å²) in [7, 11) is 0. The Hall–Kier alpha value is -1.99. The molecule has 2 aliphatic heterocycles. The molecule has 27 heavy (non-hydrogen) atoms. The maximum Gasteiger partial charge on any atom is 0.345 e. The molecule has 6 nitrogen and oxygen atoms in total. The summed E-state index contributed by atoms with van der Waals surface area (Å²) < 4.78 is 6.21. The maximum absolute atomic E-state index is 12.9. The number of carbonyl (C=O) groups is 1. The van der Waals surface area contributed by atoms with Gasteiger partial charge in [-0.05, 0) is 54.7 Å². The summed E-state index contributed by atoms with van der Waals surface area (Å²) in [5.41, 5.74) is 1.69. The lowest BCUT2D eigenvalue weighted by atomic mass is 9.85. The molecule has 0 aromatic carbocycles. The Morgan fingerprint density at radius 1 is 1.41 bits per heavy atom. The van der Waals surface area contributed by atoms with Crippen LogP contribution in [-0.2, 0) is 23.2 Å². The number of likely N-dealkylation sites (tertiary alicyclic amines) is 1. The number of thiophene rings is 1. The molecule has 0 aliphatic carbocycles. The number of hydrogen-bond acceptors (Lipinski definition) is 5. The van der Waals surface area contributed by atoms with E-state index in [0.717, 1.165) is 38.0 Å². The second-order valence-electron chi connectivity index (χ2n) is 7.85. The number of rotatable bonds is 3. The SMILES string of the molecule is CC(C)Cc1cc(C(=O)N2CCC3(CC2)OCCc2ccsc23)nc(=O)[nH]1. The van der Waals surface area contributed by atoms with Crippen LogP contribution in [0.1, 0.15) is 53.3 Å². The fourth-order valence-electron chi connectivity index (χ4n) is 4.13. The van der Waals surface area contributed by atoms with Crippen LogP contribution in [0.2, 0.25) is 0 Å². The van der Waals surface area contributed by atoms with Gasteiger partial charge in [-0.25, -0.2) is 4.79 Å². The average molecular weight is 388 g/mol. The lowest BCUT2D eigenvalue weighted by Crippen LogP contribution is -2.48. The Morgan fingerprint density at radius 2 is 2.19 bits per heavy atom. The van der Waals surface area contributed by atoms with E-state index in [0.29, 0.717) is 19.0 Å². The molecule has 144 valence electrons. The maximum atomic E-state index is 12.9. The number of fused-ring (bicyclic) bond motifs is 2. The summed E-state index contributed by atoms with van der Waals surface area (Å²) in [5.74, 6) is 0.229. The average Bonchev–Trinajstić information content (AvgIpc) is 3.11. The molecule has 7 heteroatoms. The topological polar surface area (TPSA) is 75.3 Å². The largest absolute Gasteiger partial charge is 0.369 e. The highest BCUT2D eigenvalue weighted by Gasteiger charge is 2.42. The van der Waals surface area contributed by atoms with E-state index >= 15 is 0 Å². The van der Waals surface area contributed by atoms with Crippen LogP contribution in [0, 0.1) is 5.92 Å². The number of nitrogens with one attached hydrogen (secondary N) is 1. The molecular formula is C20H25N3O3S. The second-order valence-corrected chi connectivity index (χ2v) is 8.77. The molecule has 2 aromatic rings. The van der Waals surface area contributed by atoms with Crippen molar-refractivity contribution in [2.45, 2.75) is 45.1 Å². The van der Waals surface area contributed by atoms with Crippen LogP contribution < -0.4 is 5.69 Å². The summed E-state index contributed by atoms with van der Waals surface area (Å²) in [6.07, 6.45) is 3.26. The molecule has 1 fully saturated rings. The highest BCUT2D eigenvalue weighted by Crippen LogP contribution is 2.44. The first-order chi connectivity index (χ1) is 13.0. The number of piperidine rings is 1. The molecule has 0 radical (unpaired) electrons. The molecular weight excluding hydrogens is 362 g/mol. The second kappa shape index (κ2) is 7.20. The van der Waals surface area contributed by atoms with Gasteiger partial charge < -0.3 is 14.6 Å². The number of carbonyl (C=O) groups excluding carboxylic acids is 1. The minimum absolute atomic E-state index is 0.164. The lowest BCUT2D eigenvalue weighted by molar-refractivity contribution is -0.0906. The predicted octanol–water partition coefficient (Wildman–Crippen LogP) is 2.73. The summed E-state index contributed by atoms with van der Waals surface area (Å²) in [5, 5.41) is 2.13. The normalized spacial score (nSPS) is 18.7. The number of hydrogen-bond donors (Lipinski definition) is 1. The van der Waals surface area contributed by atoms with E-state index in [2.05, 4.69) is 35.3 Å². The first kappa shape index (κ1) is 18.4. The first-order valence-corrected chi connectivity index (χ1v) is 10.5. The van der Waals surface area contributed by atoms with E-state index < -0.39 is 5.69 Å². The van der Waals surface area contributed by atoms with Gasteiger partial charge in [-0.3, -0.25) is 4.79 Å². The molecule has 2 aromatic heterocycles. The fraction of sp³-hybridized carbons (Fsp3) is 0.550. The number of H-pyrrole nitrogens is 1. The van der Waals surface area contributed by atoms with Crippen molar-refractivity contribution in [1.29, 1.82) is 0 Å². The monoisotopic (exact) mass is 387 g/mol. The van der Waals surface area contributed by atoms with Gasteiger partial charge in [0, 0.05) is 23.7 Å². The van der Waals surface area contributed by atoms with Gasteiger partial charge in [-0.2, -0.15) is 4.98 Å². The van der Waals surface area contributed by atoms with Crippen LogP contribution in [0.5, 0.6) is 0 Å². The molecule has 0 atom stereocenters. The van der Waals surface area contributed by atoms with Crippen molar-refractivity contribution in [3.8, 4) is 0 Å². The third kappa shape index (κ3) is 3.58. The number of amides is 1. The molecule has 1 amide bonds. The number of ether oxygens (including phenoxy) is 1. The summed E-state index contributed by atoms with van der Waals surface area (Å²) in [4.78, 5) is 34.6. The highest BCUT2D eigenvalue weighted by molar-refractivity contribution is 7.10. The zero-order valence-electron chi connectivity index (χ0n) is 15.8. The standard InChI is InChI=1S/C20H25N3O3S/c1-13(2)11-15-12-16(22-19(25)21-15)18(24)23-7-5-20(6-8-23)17-14(3-9-26-20)4-10-27-17/h4,10,12-13H,3,5-9,11H2,1-2H3,(H,21,22,25). The van der Waals surface area contributed by atoms with E-state index in [1.54, 1.807) is 22.3 Å². The predicted molar refractivity (Wildman–Crippen MR) is 104 cm³/mol. The first-order valence-electron chi connectivity index (χ1n) is 9.57. The van der Waals surface area contributed by atoms with Gasteiger partial charge >= 0.3 is 5.69 Å². The van der Waals surface area contributed by atoms with Gasteiger partial charge in [0.15, 0.2) is 0 Å². The fourth-order valence-corrected chi connectivity index (χ4v) is 5.29. The van der Waals surface area contributed by atoms with E-state index in [-0.39, 0.29) is 17.2 Å². The molecule has 1 spiro atoms. The molecule has 0 saturated carbocycles. The zero-order chi connectivity index (χ0) is 19.0. The van der Waals surface area contributed by atoms with E-state index in [4.69, 9.17) is 4.74 Å². The van der Waals surface area contributed by atoms with Crippen molar-refractivity contribution in [2.75, 3.05) is 19.7 Å². The van der Waals surface area contributed by atoms with Gasteiger partial charge in [-0.1, -0.05) is 13.8 Å². The van der Waals surface area contributed by atoms with Crippen LogP contribution in [0.15, 0.2) is 22.3 Å². The third-order valence-corrected chi connectivity index (χ3v) is 6.56. The van der Waals surface area contributed by atoms with Crippen LogP contribution in [-0.4, -0.2) is 40.5 Å². The van der Waals surface area contributed by atoms with E-state index in [1.165, 1.54) is 10.4 Å². The summed E-state index contributed by atoms with van der Waals surface area (Å²) >= 11 is 1.76. The molecule has 1 N–H and O–H groups in total. The number of aromatic nitrogens is 2. The highest BCUT2D eigenvalue weighted by atomic mass is 32.1. The van der Waals surface area contributed by atoms with E-state index in [1.807, 2.05) is 0 Å². The van der Waals surface area contributed by atoms with Crippen molar-refractivity contribution in [3.05, 3.63) is 49.8 Å². The molecule has 0 unspecified atom stereocenters. The summed E-state index contributed by atoms with van der Waals surface area (Å²) in [6, 6.07) is 3.92. The molecule has 1 saturated heterocycles. The molecule has 4 rings (SSSR count). The quantitative estimate of drug-likeness (QED) is 0.879. The number of aromatic amines is 1. The zero-order valence-corrected chi connectivity index (χ0v) is 16.6.